The zero-order valence-corrected chi connectivity index (χ0v) is 16.6. The van der Waals surface area contributed by atoms with E-state index in [0.29, 0.717) is 38.4 Å². The molecule has 8 heteroatoms. The number of amides is 1. The summed E-state index contributed by atoms with van der Waals surface area (Å²) in [6.07, 6.45) is 2.87. The number of carbonyl (C=O) groups is 2. The van der Waals surface area contributed by atoms with Crippen LogP contribution in [0.2, 0.25) is 0 Å². The lowest BCUT2D eigenvalue weighted by molar-refractivity contribution is -0.0430. The highest BCUT2D eigenvalue weighted by atomic mass is 16.6. The van der Waals surface area contributed by atoms with Gasteiger partial charge >= 0.3 is 12.1 Å². The van der Waals surface area contributed by atoms with E-state index < -0.39 is 11.6 Å². The average Bonchev–Trinajstić information content (AvgIpc) is 3.00. The topological polar surface area (TPSA) is 82.9 Å². The van der Waals surface area contributed by atoms with Crippen molar-refractivity contribution in [3.63, 3.8) is 0 Å². The van der Waals surface area contributed by atoms with Gasteiger partial charge in [0.2, 0.25) is 0 Å². The van der Waals surface area contributed by atoms with Crippen molar-refractivity contribution in [1.29, 1.82) is 0 Å². The van der Waals surface area contributed by atoms with E-state index in [0.717, 1.165) is 30.5 Å². The summed E-state index contributed by atoms with van der Waals surface area (Å²) in [6, 6.07) is 0. The minimum Gasteiger partial charge on any atom is -0.461 e. The normalized spacial score (nSPS) is 20.1. The Bertz CT molecular complexity index is 701. The van der Waals surface area contributed by atoms with Crippen LogP contribution in [0.5, 0.6) is 0 Å². The van der Waals surface area contributed by atoms with Gasteiger partial charge < -0.3 is 19.1 Å². The van der Waals surface area contributed by atoms with Crippen LogP contribution in [0.1, 0.15) is 74.9 Å². The van der Waals surface area contributed by atoms with Gasteiger partial charge in [-0.15, -0.1) is 0 Å². The van der Waals surface area contributed by atoms with E-state index in [4.69, 9.17) is 14.2 Å². The minimum absolute atomic E-state index is 0.214. The molecule has 27 heavy (non-hydrogen) atoms. The van der Waals surface area contributed by atoms with Gasteiger partial charge in [-0.25, -0.2) is 14.3 Å². The molecule has 3 rings (SSSR count). The summed E-state index contributed by atoms with van der Waals surface area (Å²) in [5.74, 6) is -0.422. The molecule has 0 bridgehead atoms. The van der Waals surface area contributed by atoms with Crippen LogP contribution in [0.3, 0.4) is 0 Å². The first-order valence-corrected chi connectivity index (χ1v) is 9.67. The first-order valence-electron chi connectivity index (χ1n) is 9.67. The van der Waals surface area contributed by atoms with Crippen molar-refractivity contribution in [3.8, 4) is 0 Å². The lowest BCUT2D eigenvalue weighted by Crippen LogP contribution is -2.40. The fourth-order valence-corrected chi connectivity index (χ4v) is 3.44. The lowest BCUT2D eigenvalue weighted by atomic mass is 10.0. The number of rotatable bonds is 3. The predicted octanol–water partition coefficient (Wildman–Crippen LogP) is 3.05. The van der Waals surface area contributed by atoms with Crippen molar-refractivity contribution in [3.05, 3.63) is 17.0 Å². The van der Waals surface area contributed by atoms with E-state index in [1.54, 1.807) is 16.5 Å². The van der Waals surface area contributed by atoms with Crippen LogP contribution in [0.25, 0.3) is 0 Å². The molecule has 1 amide bonds. The van der Waals surface area contributed by atoms with Gasteiger partial charge in [-0.2, -0.15) is 5.10 Å². The van der Waals surface area contributed by atoms with Gasteiger partial charge in [-0.05, 0) is 53.4 Å². The number of nitrogens with zero attached hydrogens (tertiary/aromatic N) is 3. The molecule has 0 radical (unpaired) electrons. The maximum absolute atomic E-state index is 12.5. The molecular weight excluding hydrogens is 350 g/mol. The van der Waals surface area contributed by atoms with Crippen LogP contribution >= 0.6 is 0 Å². The second kappa shape index (κ2) is 7.88. The van der Waals surface area contributed by atoms with E-state index in [1.807, 2.05) is 20.8 Å². The molecule has 1 atom stereocenters. The molecule has 2 aliphatic rings. The van der Waals surface area contributed by atoms with E-state index in [2.05, 4.69) is 5.10 Å². The maximum Gasteiger partial charge on any atom is 0.410 e. The SMILES string of the molecule is CCOC(=O)c1nn(C2CCCCO2)c2c1CCN(C(=O)OC(C)(C)C)C2. The Morgan fingerprint density at radius 1 is 1.30 bits per heavy atom. The summed E-state index contributed by atoms with van der Waals surface area (Å²) in [7, 11) is 0. The molecule has 1 unspecified atom stereocenters. The maximum atomic E-state index is 12.5. The third kappa shape index (κ3) is 4.43. The average molecular weight is 379 g/mol. The molecule has 8 nitrogen and oxygen atoms in total. The van der Waals surface area contributed by atoms with Crippen molar-refractivity contribution in [2.24, 2.45) is 0 Å². The summed E-state index contributed by atoms with van der Waals surface area (Å²) in [4.78, 5) is 26.5. The highest BCUT2D eigenvalue weighted by molar-refractivity contribution is 5.89. The Kier molecular flexibility index (Phi) is 5.74. The predicted molar refractivity (Wildman–Crippen MR) is 97.4 cm³/mol. The number of fused-ring (bicyclic) bond motifs is 1. The monoisotopic (exact) mass is 379 g/mol. The van der Waals surface area contributed by atoms with Crippen LogP contribution < -0.4 is 0 Å². The second-order valence-corrected chi connectivity index (χ2v) is 7.91. The van der Waals surface area contributed by atoms with E-state index in [-0.39, 0.29) is 12.3 Å². The number of aromatic nitrogens is 2. The molecule has 1 aromatic heterocycles. The summed E-state index contributed by atoms with van der Waals surface area (Å²) < 4.78 is 18.3. The van der Waals surface area contributed by atoms with Gasteiger partial charge in [-0.3, -0.25) is 0 Å². The molecule has 3 heterocycles. The number of hydrogen-bond acceptors (Lipinski definition) is 6. The molecule has 1 aromatic rings. The van der Waals surface area contributed by atoms with Crippen LogP contribution in [-0.2, 0) is 27.2 Å². The van der Waals surface area contributed by atoms with E-state index >= 15 is 0 Å². The molecule has 1 saturated heterocycles. The third-order valence-corrected chi connectivity index (χ3v) is 4.64. The Labute approximate surface area is 159 Å². The number of esters is 1. The second-order valence-electron chi connectivity index (χ2n) is 7.91. The highest BCUT2D eigenvalue weighted by Crippen LogP contribution is 2.30. The first kappa shape index (κ1) is 19.7. The largest absolute Gasteiger partial charge is 0.461 e. The van der Waals surface area contributed by atoms with Crippen molar-refractivity contribution in [2.45, 2.75) is 71.8 Å². The quantitative estimate of drug-likeness (QED) is 0.751. The molecule has 0 N–H and O–H groups in total. The Morgan fingerprint density at radius 2 is 2.07 bits per heavy atom. The molecule has 0 spiro atoms. The van der Waals surface area contributed by atoms with Gasteiger partial charge in [0.15, 0.2) is 11.9 Å². The Balaban J connectivity index is 1.89. The molecule has 2 aliphatic heterocycles. The van der Waals surface area contributed by atoms with Gasteiger partial charge in [0.05, 0.1) is 18.8 Å². The Morgan fingerprint density at radius 3 is 2.70 bits per heavy atom. The minimum atomic E-state index is -0.555. The number of hydrogen-bond donors (Lipinski definition) is 0. The highest BCUT2D eigenvalue weighted by Gasteiger charge is 2.34. The number of ether oxygens (including phenoxy) is 3. The molecule has 150 valence electrons. The van der Waals surface area contributed by atoms with Crippen LogP contribution in [-0.4, -0.2) is 52.1 Å². The molecule has 0 aliphatic carbocycles. The molecule has 0 saturated carbocycles. The lowest BCUT2D eigenvalue weighted by Gasteiger charge is -2.32. The zero-order valence-electron chi connectivity index (χ0n) is 16.6. The zero-order chi connectivity index (χ0) is 19.6. The molecule has 0 aromatic carbocycles. The van der Waals surface area contributed by atoms with Crippen molar-refractivity contribution in [2.75, 3.05) is 19.8 Å². The van der Waals surface area contributed by atoms with Crippen molar-refractivity contribution >= 4 is 12.1 Å². The van der Waals surface area contributed by atoms with Crippen molar-refractivity contribution in [1.82, 2.24) is 14.7 Å². The fraction of sp³-hybridized carbons (Fsp3) is 0.737. The standard InChI is InChI=1S/C19H29N3O5/c1-5-25-17(23)16-13-9-10-21(18(24)27-19(2,3)4)12-14(13)22(20-16)15-8-6-7-11-26-15/h15H,5-12H2,1-4H3. The van der Waals surface area contributed by atoms with Gasteiger partial charge in [0.1, 0.15) is 5.60 Å². The van der Waals surface area contributed by atoms with Crippen LogP contribution in [0.4, 0.5) is 4.79 Å². The van der Waals surface area contributed by atoms with E-state index in [9.17, 15) is 9.59 Å². The smallest absolute Gasteiger partial charge is 0.410 e. The Hall–Kier alpha value is -2.09. The van der Waals surface area contributed by atoms with Crippen molar-refractivity contribution < 1.29 is 23.8 Å². The van der Waals surface area contributed by atoms with Crippen LogP contribution in [0.15, 0.2) is 0 Å². The summed E-state index contributed by atoms with van der Waals surface area (Å²) >= 11 is 0. The first-order chi connectivity index (χ1) is 12.8. The number of carbonyl (C=O) groups excluding carboxylic acids is 2. The summed E-state index contributed by atoms with van der Waals surface area (Å²) in [6.45, 7) is 9.10. The van der Waals surface area contributed by atoms with Gasteiger partial charge in [0, 0.05) is 18.7 Å². The molecular formula is C19H29N3O5. The third-order valence-electron chi connectivity index (χ3n) is 4.64. The summed E-state index contributed by atoms with van der Waals surface area (Å²) in [5.41, 5.74) is 1.47. The van der Waals surface area contributed by atoms with Gasteiger partial charge in [-0.1, -0.05) is 0 Å². The van der Waals surface area contributed by atoms with E-state index in [1.165, 1.54) is 0 Å². The van der Waals surface area contributed by atoms with Gasteiger partial charge in [0.25, 0.3) is 0 Å². The summed E-state index contributed by atoms with van der Waals surface area (Å²) in [5, 5.41) is 4.54. The fourth-order valence-electron chi connectivity index (χ4n) is 3.44. The van der Waals surface area contributed by atoms with Crippen LogP contribution in [0, 0.1) is 0 Å². The molecule has 1 fully saturated rings.